The van der Waals surface area contributed by atoms with E-state index in [4.69, 9.17) is 20.4 Å². The molecule has 8 nitrogen and oxygen atoms in total. The fourth-order valence-electron chi connectivity index (χ4n) is 5.76. The van der Waals surface area contributed by atoms with Crippen molar-refractivity contribution in [3.05, 3.63) is 47.4 Å². The number of nitrogens with two attached hydrogens (primary N) is 1. The molecule has 3 N–H and O–H groups in total. The third-order valence-electron chi connectivity index (χ3n) is 7.39. The van der Waals surface area contributed by atoms with Gasteiger partial charge in [-0.1, -0.05) is 6.92 Å². The molecular formula is C24H26FN7O. The molecule has 33 heavy (non-hydrogen) atoms. The zero-order valence-electron chi connectivity index (χ0n) is 18.9. The molecule has 3 heterocycles. The lowest BCUT2D eigenvalue weighted by Crippen LogP contribution is -2.53. The Morgan fingerprint density at radius 1 is 1.24 bits per heavy atom. The third kappa shape index (κ3) is 3.13. The smallest absolute Gasteiger partial charge is 0.324 e. The zero-order chi connectivity index (χ0) is 22.9. The summed E-state index contributed by atoms with van der Waals surface area (Å²) in [5, 5.41) is 3.12. The predicted octanol–water partition coefficient (Wildman–Crippen LogP) is 3.29. The van der Waals surface area contributed by atoms with E-state index in [-0.39, 0.29) is 23.3 Å². The van der Waals surface area contributed by atoms with Crippen LogP contribution in [0.4, 0.5) is 15.9 Å². The van der Waals surface area contributed by atoms with E-state index in [1.807, 2.05) is 6.92 Å². The summed E-state index contributed by atoms with van der Waals surface area (Å²) in [6, 6.07) is 3.55. The molecule has 1 saturated heterocycles. The first-order valence-corrected chi connectivity index (χ1v) is 11.2. The maximum Gasteiger partial charge on any atom is 0.324 e. The molecular weight excluding hydrogens is 421 g/mol. The first kappa shape index (κ1) is 20.3. The summed E-state index contributed by atoms with van der Waals surface area (Å²) in [5.74, 6) is 2.03. The van der Waals surface area contributed by atoms with E-state index in [2.05, 4.69) is 27.1 Å². The Balaban J connectivity index is 1.47. The second-order valence-corrected chi connectivity index (χ2v) is 9.63. The van der Waals surface area contributed by atoms with Crippen molar-refractivity contribution in [3.8, 4) is 22.9 Å². The summed E-state index contributed by atoms with van der Waals surface area (Å²) in [4.78, 5) is 20.2. The van der Waals surface area contributed by atoms with Crippen molar-refractivity contribution >= 4 is 11.5 Å². The quantitative estimate of drug-likeness (QED) is 0.491. The molecule has 3 atom stereocenters. The fraction of sp³-hybridized carbons (Fsp3) is 0.417. The number of benzene rings is 1. The van der Waals surface area contributed by atoms with Gasteiger partial charge in [-0.25, -0.2) is 14.4 Å². The first-order valence-electron chi connectivity index (χ1n) is 11.2. The van der Waals surface area contributed by atoms with Crippen LogP contribution in [0.15, 0.2) is 24.5 Å². The lowest BCUT2D eigenvalue weighted by molar-refractivity contribution is 0.0771. The molecule has 170 valence electrons. The monoisotopic (exact) mass is 447 g/mol. The number of hydrogen-bond donors (Lipinski definition) is 2. The van der Waals surface area contributed by atoms with Gasteiger partial charge in [0.15, 0.2) is 5.75 Å². The Bertz CT molecular complexity index is 1260. The normalized spacial score (nSPS) is 24.7. The van der Waals surface area contributed by atoms with Gasteiger partial charge in [0.25, 0.3) is 0 Å². The Morgan fingerprint density at radius 2 is 2.03 bits per heavy atom. The lowest BCUT2D eigenvalue weighted by Gasteiger charge is -2.46. The zero-order valence-corrected chi connectivity index (χ0v) is 18.9. The van der Waals surface area contributed by atoms with Crippen LogP contribution in [-0.4, -0.2) is 46.1 Å². The summed E-state index contributed by atoms with van der Waals surface area (Å²) in [6.45, 7) is 5.77. The van der Waals surface area contributed by atoms with Crippen LogP contribution in [0.5, 0.6) is 11.8 Å². The predicted molar refractivity (Wildman–Crippen MR) is 123 cm³/mol. The molecule has 1 saturated carbocycles. The average Bonchev–Trinajstić information content (AvgIpc) is 3.28. The second-order valence-electron chi connectivity index (χ2n) is 9.63. The van der Waals surface area contributed by atoms with Crippen molar-refractivity contribution in [1.29, 1.82) is 0 Å². The summed E-state index contributed by atoms with van der Waals surface area (Å²) < 4.78 is 20.5. The second kappa shape index (κ2) is 7.08. The minimum absolute atomic E-state index is 0.169. The summed E-state index contributed by atoms with van der Waals surface area (Å²) in [7, 11) is 1.80. The van der Waals surface area contributed by atoms with Crippen molar-refractivity contribution in [2.45, 2.75) is 32.7 Å². The third-order valence-corrected chi connectivity index (χ3v) is 7.39. The van der Waals surface area contributed by atoms with E-state index in [0.717, 1.165) is 53.4 Å². The minimum Gasteiger partial charge on any atom is -0.421 e. The van der Waals surface area contributed by atoms with Crippen molar-refractivity contribution in [1.82, 2.24) is 19.9 Å². The van der Waals surface area contributed by atoms with Crippen molar-refractivity contribution in [3.63, 3.8) is 0 Å². The molecule has 0 amide bonds. The highest BCUT2D eigenvalue weighted by atomic mass is 19.1. The van der Waals surface area contributed by atoms with E-state index in [9.17, 15) is 4.39 Å². The molecule has 1 aliphatic heterocycles. The van der Waals surface area contributed by atoms with Crippen LogP contribution in [0.25, 0.3) is 11.1 Å². The number of hydrogen-bond acceptors (Lipinski definition) is 8. The molecule has 2 fully saturated rings. The number of anilines is 2. The Hall–Kier alpha value is -3.33. The fourth-order valence-corrected chi connectivity index (χ4v) is 5.76. The highest BCUT2D eigenvalue weighted by Gasteiger charge is 2.55. The molecule has 0 radical (unpaired) electrons. The Kier molecular flexibility index (Phi) is 4.35. The average molecular weight is 448 g/mol. The molecule has 3 aliphatic rings. The van der Waals surface area contributed by atoms with Crippen LogP contribution < -0.4 is 20.7 Å². The molecule has 0 unspecified atom stereocenters. The summed E-state index contributed by atoms with van der Waals surface area (Å²) in [6.07, 6.45) is 4.79. The van der Waals surface area contributed by atoms with Gasteiger partial charge in [0.1, 0.15) is 17.5 Å². The number of fused-ring (bicyclic) bond motifs is 4. The molecule has 9 heteroatoms. The van der Waals surface area contributed by atoms with E-state index in [1.54, 1.807) is 25.5 Å². The number of nitrogens with one attached hydrogen (secondary N) is 1. The highest BCUT2D eigenvalue weighted by Crippen LogP contribution is 2.54. The van der Waals surface area contributed by atoms with Gasteiger partial charge in [-0.3, -0.25) is 0 Å². The summed E-state index contributed by atoms with van der Waals surface area (Å²) in [5.41, 5.74) is 10.8. The molecule has 1 aromatic carbocycles. The highest BCUT2D eigenvalue weighted by molar-refractivity contribution is 5.88. The topological polar surface area (TPSA) is 102 Å². The maximum atomic E-state index is 14.5. The van der Waals surface area contributed by atoms with Crippen LogP contribution >= 0.6 is 0 Å². The molecule has 2 aromatic heterocycles. The van der Waals surface area contributed by atoms with Gasteiger partial charge in [-0.05, 0) is 47.9 Å². The molecule has 2 aliphatic carbocycles. The first-order chi connectivity index (χ1) is 15.8. The lowest BCUT2D eigenvalue weighted by atomic mass is 9.60. The number of rotatable bonds is 4. The van der Waals surface area contributed by atoms with E-state index in [1.165, 1.54) is 6.07 Å². The van der Waals surface area contributed by atoms with Crippen LogP contribution in [0.1, 0.15) is 30.4 Å². The van der Waals surface area contributed by atoms with Gasteiger partial charge < -0.3 is 20.7 Å². The minimum atomic E-state index is -0.287. The van der Waals surface area contributed by atoms with Crippen molar-refractivity contribution in [2.24, 2.45) is 17.1 Å². The maximum absolute atomic E-state index is 14.5. The van der Waals surface area contributed by atoms with Gasteiger partial charge in [0.05, 0.1) is 18.1 Å². The number of halogens is 1. The number of nitrogens with zero attached hydrogens (tertiary/aromatic N) is 5. The van der Waals surface area contributed by atoms with Gasteiger partial charge in [-0.15, -0.1) is 0 Å². The number of aromatic nitrogens is 4. The van der Waals surface area contributed by atoms with Crippen LogP contribution in [0.3, 0.4) is 0 Å². The summed E-state index contributed by atoms with van der Waals surface area (Å²) >= 11 is 0. The standard InChI is InChI=1S/C24H26FN7O/c1-12-28-8-14(9-29-12)33-23-30-20-6-15-16(4-13(25)5-19(15)27-3)21(20)22(31-23)32-10-17-18(26)7-24(17,2)11-32/h4-5,8-9,17-18,27H,6-7,10-11,26H2,1-3H3/t17-,18-,24-/m1/s1. The van der Waals surface area contributed by atoms with E-state index in [0.29, 0.717) is 23.9 Å². The molecule has 3 aromatic rings. The van der Waals surface area contributed by atoms with Crippen LogP contribution in [0, 0.1) is 24.1 Å². The van der Waals surface area contributed by atoms with Crippen LogP contribution in [-0.2, 0) is 6.42 Å². The molecule has 0 spiro atoms. The van der Waals surface area contributed by atoms with Gasteiger partial charge in [0, 0.05) is 43.9 Å². The van der Waals surface area contributed by atoms with Gasteiger partial charge >= 0.3 is 6.01 Å². The van der Waals surface area contributed by atoms with E-state index < -0.39 is 0 Å². The molecule has 6 rings (SSSR count). The van der Waals surface area contributed by atoms with Crippen molar-refractivity contribution in [2.75, 3.05) is 30.4 Å². The largest absolute Gasteiger partial charge is 0.421 e. The van der Waals surface area contributed by atoms with Gasteiger partial charge in [-0.2, -0.15) is 9.97 Å². The van der Waals surface area contributed by atoms with E-state index >= 15 is 0 Å². The number of aryl methyl sites for hydroxylation is 1. The van der Waals surface area contributed by atoms with Gasteiger partial charge in [0.2, 0.25) is 0 Å². The van der Waals surface area contributed by atoms with Crippen LogP contribution in [0.2, 0.25) is 0 Å². The SMILES string of the molecule is CNc1cc(F)cc2c1Cc1nc(Oc3cnc(C)nc3)nc(N3C[C@@H]4[C@H](N)C[C@]4(C)C3)c1-2. The van der Waals surface area contributed by atoms with Crippen molar-refractivity contribution < 1.29 is 9.13 Å². The molecule has 0 bridgehead atoms. The Morgan fingerprint density at radius 3 is 2.73 bits per heavy atom. The Labute approximate surface area is 191 Å². The number of ether oxygens (including phenoxy) is 1.